The first-order chi connectivity index (χ1) is 9.31. The van der Waals surface area contributed by atoms with Crippen LogP contribution in [0.2, 0.25) is 0 Å². The lowest BCUT2D eigenvalue weighted by Crippen LogP contribution is -2.42. The average molecular weight is 275 g/mol. The van der Waals surface area contributed by atoms with E-state index >= 15 is 0 Å². The summed E-state index contributed by atoms with van der Waals surface area (Å²) in [6, 6.07) is 6.66. The molecule has 0 N–H and O–H groups in total. The van der Waals surface area contributed by atoms with Gasteiger partial charge in [0.2, 0.25) is 0 Å². The normalized spacial score (nSPS) is 18.6. The highest BCUT2D eigenvalue weighted by atomic mass is 16.6. The van der Waals surface area contributed by atoms with E-state index in [1.807, 2.05) is 25.7 Å². The van der Waals surface area contributed by atoms with Gasteiger partial charge in [-0.2, -0.15) is 0 Å². The average Bonchev–Trinajstić information content (AvgIpc) is 2.34. The first-order valence-electron chi connectivity index (χ1n) is 7.41. The summed E-state index contributed by atoms with van der Waals surface area (Å²) in [7, 11) is 0. The van der Waals surface area contributed by atoms with Crippen molar-refractivity contribution >= 4 is 6.09 Å². The van der Waals surface area contributed by atoms with Crippen LogP contribution in [0.1, 0.15) is 56.8 Å². The molecular formula is C17H25NO2. The van der Waals surface area contributed by atoms with E-state index in [-0.39, 0.29) is 12.1 Å². The Labute approximate surface area is 121 Å². The third-order valence-electron chi connectivity index (χ3n) is 3.67. The van der Waals surface area contributed by atoms with Crippen LogP contribution in [-0.4, -0.2) is 23.1 Å². The van der Waals surface area contributed by atoms with E-state index in [1.54, 1.807) is 0 Å². The van der Waals surface area contributed by atoms with Crippen LogP contribution in [0.3, 0.4) is 0 Å². The molecule has 0 saturated heterocycles. The third kappa shape index (κ3) is 3.14. The van der Waals surface area contributed by atoms with Crippen LogP contribution in [-0.2, 0) is 11.2 Å². The minimum absolute atomic E-state index is 0.134. The summed E-state index contributed by atoms with van der Waals surface area (Å²) < 4.78 is 5.54. The lowest BCUT2D eigenvalue weighted by Gasteiger charge is -2.37. The van der Waals surface area contributed by atoms with Crippen LogP contribution in [0.4, 0.5) is 4.79 Å². The molecule has 3 nitrogen and oxygen atoms in total. The fourth-order valence-electron chi connectivity index (χ4n) is 2.82. The molecule has 1 atom stereocenters. The molecule has 1 amide bonds. The quantitative estimate of drug-likeness (QED) is 0.767. The summed E-state index contributed by atoms with van der Waals surface area (Å²) in [6.07, 6.45) is 1.62. The molecule has 3 heteroatoms. The van der Waals surface area contributed by atoms with Gasteiger partial charge in [-0.3, -0.25) is 0 Å². The molecule has 1 aromatic rings. The Morgan fingerprint density at radius 2 is 2.10 bits per heavy atom. The fourth-order valence-corrected chi connectivity index (χ4v) is 2.82. The molecule has 2 rings (SSSR count). The molecule has 1 aromatic carbocycles. The van der Waals surface area contributed by atoms with Gasteiger partial charge in [-0.1, -0.05) is 30.7 Å². The van der Waals surface area contributed by atoms with E-state index in [0.717, 1.165) is 19.4 Å². The molecule has 20 heavy (non-hydrogen) atoms. The highest BCUT2D eigenvalue weighted by Crippen LogP contribution is 2.33. The second-order valence-corrected chi connectivity index (χ2v) is 6.55. The standard InChI is InChI=1S/C17H25NO2/c1-6-15-14-8-7-12(2)11-13(14)9-10-18(15)16(19)20-17(3,4)5/h7-8,11,15H,6,9-10H2,1-5H3. The van der Waals surface area contributed by atoms with Gasteiger partial charge in [0.05, 0.1) is 6.04 Å². The van der Waals surface area contributed by atoms with Crippen LogP contribution < -0.4 is 0 Å². The summed E-state index contributed by atoms with van der Waals surface area (Å²) in [5.41, 5.74) is 3.49. The number of carbonyl (C=O) groups excluding carboxylic acids is 1. The zero-order valence-corrected chi connectivity index (χ0v) is 13.2. The Bertz CT molecular complexity index is 502. The van der Waals surface area contributed by atoms with Gasteiger partial charge in [-0.15, -0.1) is 0 Å². The van der Waals surface area contributed by atoms with Crippen molar-refractivity contribution in [3.05, 3.63) is 34.9 Å². The second-order valence-electron chi connectivity index (χ2n) is 6.55. The van der Waals surface area contributed by atoms with Gasteiger partial charge >= 0.3 is 6.09 Å². The zero-order chi connectivity index (χ0) is 14.9. The molecule has 0 saturated carbocycles. The molecule has 1 unspecified atom stereocenters. The summed E-state index contributed by atoms with van der Waals surface area (Å²) in [4.78, 5) is 14.2. The van der Waals surface area contributed by atoms with E-state index < -0.39 is 5.60 Å². The molecule has 0 spiro atoms. The lowest BCUT2D eigenvalue weighted by molar-refractivity contribution is 0.0137. The van der Waals surface area contributed by atoms with Crippen molar-refractivity contribution < 1.29 is 9.53 Å². The number of fused-ring (bicyclic) bond motifs is 1. The Morgan fingerprint density at radius 1 is 1.40 bits per heavy atom. The maximum absolute atomic E-state index is 12.4. The van der Waals surface area contributed by atoms with Gasteiger partial charge in [-0.05, 0) is 51.7 Å². The highest BCUT2D eigenvalue weighted by molar-refractivity contribution is 5.69. The van der Waals surface area contributed by atoms with Crippen molar-refractivity contribution in [3.8, 4) is 0 Å². The maximum Gasteiger partial charge on any atom is 0.410 e. The summed E-state index contributed by atoms with van der Waals surface area (Å²) >= 11 is 0. The van der Waals surface area contributed by atoms with Gasteiger partial charge < -0.3 is 9.64 Å². The Kier molecular flexibility index (Phi) is 4.07. The van der Waals surface area contributed by atoms with E-state index in [4.69, 9.17) is 4.74 Å². The summed E-state index contributed by atoms with van der Waals surface area (Å²) in [6.45, 7) is 10.7. The molecule has 1 aliphatic heterocycles. The van der Waals surface area contributed by atoms with E-state index in [9.17, 15) is 4.79 Å². The van der Waals surface area contributed by atoms with Gasteiger partial charge in [0, 0.05) is 6.54 Å². The number of carbonyl (C=O) groups is 1. The minimum atomic E-state index is -0.442. The molecule has 0 fully saturated rings. The molecule has 110 valence electrons. The number of benzene rings is 1. The van der Waals surface area contributed by atoms with Crippen LogP contribution in [0.5, 0.6) is 0 Å². The molecule has 1 aliphatic rings. The number of hydrogen-bond donors (Lipinski definition) is 0. The van der Waals surface area contributed by atoms with Crippen LogP contribution in [0.15, 0.2) is 18.2 Å². The van der Waals surface area contributed by atoms with E-state index in [1.165, 1.54) is 16.7 Å². The van der Waals surface area contributed by atoms with Crippen molar-refractivity contribution in [2.75, 3.05) is 6.54 Å². The predicted molar refractivity (Wildman–Crippen MR) is 80.9 cm³/mol. The first-order valence-corrected chi connectivity index (χ1v) is 7.41. The van der Waals surface area contributed by atoms with Crippen molar-refractivity contribution in [2.24, 2.45) is 0 Å². The highest BCUT2D eigenvalue weighted by Gasteiger charge is 2.32. The van der Waals surface area contributed by atoms with Crippen molar-refractivity contribution in [1.82, 2.24) is 4.90 Å². The Balaban J connectivity index is 2.25. The Morgan fingerprint density at radius 3 is 2.70 bits per heavy atom. The van der Waals surface area contributed by atoms with Crippen LogP contribution in [0.25, 0.3) is 0 Å². The van der Waals surface area contributed by atoms with Gasteiger partial charge in [0.1, 0.15) is 5.60 Å². The molecule has 0 bridgehead atoms. The molecule has 0 radical (unpaired) electrons. The number of hydrogen-bond acceptors (Lipinski definition) is 2. The lowest BCUT2D eigenvalue weighted by atomic mass is 9.90. The SMILES string of the molecule is CCC1c2ccc(C)cc2CCN1C(=O)OC(C)(C)C. The number of ether oxygens (including phenoxy) is 1. The minimum Gasteiger partial charge on any atom is -0.444 e. The number of rotatable bonds is 1. The van der Waals surface area contributed by atoms with Gasteiger partial charge in [0.15, 0.2) is 0 Å². The number of nitrogens with zero attached hydrogens (tertiary/aromatic N) is 1. The number of amides is 1. The van der Waals surface area contributed by atoms with Gasteiger partial charge in [-0.25, -0.2) is 4.79 Å². The maximum atomic E-state index is 12.4. The summed E-state index contributed by atoms with van der Waals surface area (Å²) in [5, 5.41) is 0. The summed E-state index contributed by atoms with van der Waals surface area (Å²) in [5.74, 6) is 0. The van der Waals surface area contributed by atoms with Crippen LogP contribution >= 0.6 is 0 Å². The van der Waals surface area contributed by atoms with Crippen molar-refractivity contribution in [1.29, 1.82) is 0 Å². The van der Waals surface area contributed by atoms with E-state index in [2.05, 4.69) is 32.0 Å². The topological polar surface area (TPSA) is 29.5 Å². The monoisotopic (exact) mass is 275 g/mol. The first kappa shape index (κ1) is 14.9. The largest absolute Gasteiger partial charge is 0.444 e. The third-order valence-corrected chi connectivity index (χ3v) is 3.67. The van der Waals surface area contributed by atoms with Crippen molar-refractivity contribution in [2.45, 2.75) is 59.1 Å². The van der Waals surface area contributed by atoms with E-state index in [0.29, 0.717) is 0 Å². The van der Waals surface area contributed by atoms with Gasteiger partial charge in [0.25, 0.3) is 0 Å². The fraction of sp³-hybridized carbons (Fsp3) is 0.588. The Hall–Kier alpha value is -1.51. The van der Waals surface area contributed by atoms with Crippen molar-refractivity contribution in [3.63, 3.8) is 0 Å². The molecule has 1 heterocycles. The smallest absolute Gasteiger partial charge is 0.410 e. The second kappa shape index (κ2) is 5.47. The van der Waals surface area contributed by atoms with Crippen LogP contribution in [0, 0.1) is 6.92 Å². The molecule has 0 aromatic heterocycles. The number of aryl methyl sites for hydroxylation is 1. The molecular weight excluding hydrogens is 250 g/mol. The zero-order valence-electron chi connectivity index (χ0n) is 13.2. The predicted octanol–water partition coefficient (Wildman–Crippen LogP) is 4.24. The molecule has 0 aliphatic carbocycles.